The van der Waals surface area contributed by atoms with Crippen LogP contribution in [0.15, 0.2) is 29.6 Å². The summed E-state index contributed by atoms with van der Waals surface area (Å²) >= 11 is 1.71. The van der Waals surface area contributed by atoms with Gasteiger partial charge in [0.05, 0.1) is 16.1 Å². The molecule has 130 valence electrons. The minimum Gasteiger partial charge on any atom is -0.352 e. The summed E-state index contributed by atoms with van der Waals surface area (Å²) in [5, 5.41) is 7.22. The van der Waals surface area contributed by atoms with Gasteiger partial charge < -0.3 is 5.32 Å². The summed E-state index contributed by atoms with van der Waals surface area (Å²) in [4.78, 5) is 21.6. The second-order valence-electron chi connectivity index (χ2n) is 6.43. The van der Waals surface area contributed by atoms with Gasteiger partial charge in [0.25, 0.3) is 5.91 Å². The van der Waals surface area contributed by atoms with Crippen molar-refractivity contribution < 1.29 is 4.79 Å². The second-order valence-corrected chi connectivity index (χ2v) is 7.37. The fourth-order valence-corrected chi connectivity index (χ4v) is 3.69. The molecule has 0 atom stereocenters. The maximum absolute atomic E-state index is 12.6. The van der Waals surface area contributed by atoms with Crippen molar-refractivity contribution in [3.63, 3.8) is 0 Å². The van der Waals surface area contributed by atoms with Crippen molar-refractivity contribution in [1.82, 2.24) is 15.3 Å². The SMILES string of the molecule is Cc1ccc2nc(C)cc(C(=O)NCCCCc3nc(C)cs3)c2c1. The van der Waals surface area contributed by atoms with Gasteiger partial charge >= 0.3 is 0 Å². The largest absolute Gasteiger partial charge is 0.352 e. The van der Waals surface area contributed by atoms with Crippen LogP contribution in [0.25, 0.3) is 10.9 Å². The van der Waals surface area contributed by atoms with Crippen LogP contribution >= 0.6 is 11.3 Å². The molecule has 5 heteroatoms. The summed E-state index contributed by atoms with van der Waals surface area (Å²) in [5.74, 6) is -0.0220. The first-order chi connectivity index (χ1) is 12.0. The minimum atomic E-state index is -0.0220. The average molecular weight is 353 g/mol. The molecule has 25 heavy (non-hydrogen) atoms. The Morgan fingerprint density at radius 1 is 1.08 bits per heavy atom. The number of fused-ring (bicyclic) bond motifs is 1. The Morgan fingerprint density at radius 2 is 1.92 bits per heavy atom. The molecule has 2 aromatic heterocycles. The predicted octanol–water partition coefficient (Wildman–Crippen LogP) is 4.37. The molecule has 0 spiro atoms. The van der Waals surface area contributed by atoms with E-state index in [9.17, 15) is 4.79 Å². The molecule has 3 aromatic rings. The number of hydrogen-bond acceptors (Lipinski definition) is 4. The van der Waals surface area contributed by atoms with Gasteiger partial charge in [-0.1, -0.05) is 11.6 Å². The van der Waals surface area contributed by atoms with Crippen LogP contribution in [0.4, 0.5) is 0 Å². The Labute approximate surface area is 152 Å². The number of aryl methyl sites for hydroxylation is 4. The second kappa shape index (κ2) is 7.74. The summed E-state index contributed by atoms with van der Waals surface area (Å²) < 4.78 is 0. The normalized spacial score (nSPS) is 11.0. The molecular weight excluding hydrogens is 330 g/mol. The monoisotopic (exact) mass is 353 g/mol. The van der Waals surface area contributed by atoms with E-state index < -0.39 is 0 Å². The maximum Gasteiger partial charge on any atom is 0.252 e. The molecule has 4 nitrogen and oxygen atoms in total. The Morgan fingerprint density at radius 3 is 2.68 bits per heavy atom. The lowest BCUT2D eigenvalue weighted by molar-refractivity contribution is 0.0954. The van der Waals surface area contributed by atoms with Crippen molar-refractivity contribution in [2.24, 2.45) is 0 Å². The van der Waals surface area contributed by atoms with Gasteiger partial charge in [-0.2, -0.15) is 0 Å². The predicted molar refractivity (Wildman–Crippen MR) is 103 cm³/mol. The molecule has 1 N–H and O–H groups in total. The molecule has 1 amide bonds. The lowest BCUT2D eigenvalue weighted by Gasteiger charge is -2.09. The number of amides is 1. The van der Waals surface area contributed by atoms with Crippen LogP contribution in [0.1, 0.15) is 45.2 Å². The summed E-state index contributed by atoms with van der Waals surface area (Å²) in [6.45, 7) is 6.65. The summed E-state index contributed by atoms with van der Waals surface area (Å²) in [6.07, 6.45) is 2.96. The zero-order valence-corrected chi connectivity index (χ0v) is 15.7. The van der Waals surface area contributed by atoms with Crippen molar-refractivity contribution in [3.05, 3.63) is 57.2 Å². The number of unbranched alkanes of at least 4 members (excludes halogenated alkanes) is 1. The fraction of sp³-hybridized carbons (Fsp3) is 0.350. The Bertz CT molecular complexity index is 901. The number of nitrogens with one attached hydrogen (secondary N) is 1. The Kier molecular flexibility index (Phi) is 5.43. The highest BCUT2D eigenvalue weighted by Gasteiger charge is 2.12. The number of carbonyl (C=O) groups is 1. The molecule has 2 heterocycles. The average Bonchev–Trinajstić information content (AvgIpc) is 2.99. The quantitative estimate of drug-likeness (QED) is 0.670. The number of nitrogens with zero attached hydrogens (tertiary/aromatic N) is 2. The van der Waals surface area contributed by atoms with Crippen LogP contribution in [-0.2, 0) is 6.42 Å². The lowest BCUT2D eigenvalue weighted by atomic mass is 10.0. The maximum atomic E-state index is 12.6. The molecular formula is C20H23N3OS. The molecule has 0 saturated carbocycles. The number of thiazole rings is 1. The van der Waals surface area contributed by atoms with E-state index in [4.69, 9.17) is 0 Å². The van der Waals surface area contributed by atoms with E-state index in [1.54, 1.807) is 11.3 Å². The van der Waals surface area contributed by atoms with E-state index in [0.717, 1.165) is 47.1 Å². The molecule has 0 aliphatic rings. The number of hydrogen-bond donors (Lipinski definition) is 1. The number of rotatable bonds is 6. The van der Waals surface area contributed by atoms with Crippen molar-refractivity contribution in [2.75, 3.05) is 6.54 Å². The van der Waals surface area contributed by atoms with E-state index in [0.29, 0.717) is 12.1 Å². The van der Waals surface area contributed by atoms with Crippen LogP contribution in [0.3, 0.4) is 0 Å². The van der Waals surface area contributed by atoms with Gasteiger partial charge in [0.2, 0.25) is 0 Å². The Hall–Kier alpha value is -2.27. The standard InChI is InChI=1S/C20H23N3OS/c1-13-7-8-18-16(10-13)17(11-14(2)22-18)20(24)21-9-5-4-6-19-23-15(3)12-25-19/h7-8,10-12H,4-6,9H2,1-3H3,(H,21,24). The fourth-order valence-electron chi connectivity index (χ4n) is 2.88. The van der Waals surface area contributed by atoms with Gasteiger partial charge in [-0.05, 0) is 58.2 Å². The van der Waals surface area contributed by atoms with E-state index in [1.807, 2.05) is 45.0 Å². The number of pyridine rings is 1. The summed E-state index contributed by atoms with van der Waals surface area (Å²) in [6, 6.07) is 7.90. The van der Waals surface area contributed by atoms with Crippen LogP contribution in [0.2, 0.25) is 0 Å². The van der Waals surface area contributed by atoms with Gasteiger partial charge in [-0.25, -0.2) is 4.98 Å². The molecule has 0 fully saturated rings. The number of benzene rings is 1. The zero-order valence-electron chi connectivity index (χ0n) is 14.9. The summed E-state index contributed by atoms with van der Waals surface area (Å²) in [7, 11) is 0. The number of aromatic nitrogens is 2. The van der Waals surface area contributed by atoms with E-state index in [-0.39, 0.29) is 5.91 Å². The van der Waals surface area contributed by atoms with Gasteiger partial charge in [-0.3, -0.25) is 9.78 Å². The van der Waals surface area contributed by atoms with Crippen LogP contribution in [0.5, 0.6) is 0 Å². The molecule has 3 rings (SSSR count). The molecule has 0 bridgehead atoms. The van der Waals surface area contributed by atoms with Crippen LogP contribution < -0.4 is 5.32 Å². The highest BCUT2D eigenvalue weighted by molar-refractivity contribution is 7.09. The van der Waals surface area contributed by atoms with Crippen LogP contribution in [-0.4, -0.2) is 22.4 Å². The van der Waals surface area contributed by atoms with Gasteiger partial charge in [0.15, 0.2) is 0 Å². The number of carbonyl (C=O) groups excluding carboxylic acids is 1. The zero-order chi connectivity index (χ0) is 17.8. The lowest BCUT2D eigenvalue weighted by Crippen LogP contribution is -2.25. The summed E-state index contributed by atoms with van der Waals surface area (Å²) in [5.41, 5.74) is 4.66. The third kappa shape index (κ3) is 4.42. The molecule has 0 aliphatic heterocycles. The molecule has 0 unspecified atom stereocenters. The van der Waals surface area contributed by atoms with Crippen LogP contribution in [0, 0.1) is 20.8 Å². The molecule has 0 radical (unpaired) electrons. The molecule has 1 aromatic carbocycles. The van der Waals surface area contributed by atoms with E-state index >= 15 is 0 Å². The van der Waals surface area contributed by atoms with Crippen molar-refractivity contribution in [2.45, 2.75) is 40.0 Å². The van der Waals surface area contributed by atoms with Gasteiger partial charge in [-0.15, -0.1) is 11.3 Å². The molecule has 0 aliphatic carbocycles. The highest BCUT2D eigenvalue weighted by atomic mass is 32.1. The topological polar surface area (TPSA) is 54.9 Å². The first kappa shape index (κ1) is 17.5. The van der Waals surface area contributed by atoms with Crippen molar-refractivity contribution in [3.8, 4) is 0 Å². The first-order valence-electron chi connectivity index (χ1n) is 8.60. The Balaban J connectivity index is 1.59. The van der Waals surface area contributed by atoms with E-state index in [1.165, 1.54) is 5.01 Å². The van der Waals surface area contributed by atoms with Gasteiger partial charge in [0.1, 0.15) is 0 Å². The first-order valence-corrected chi connectivity index (χ1v) is 9.48. The third-order valence-corrected chi connectivity index (χ3v) is 5.13. The third-order valence-electron chi connectivity index (χ3n) is 4.11. The highest BCUT2D eigenvalue weighted by Crippen LogP contribution is 2.20. The smallest absolute Gasteiger partial charge is 0.252 e. The van der Waals surface area contributed by atoms with Crippen molar-refractivity contribution in [1.29, 1.82) is 0 Å². The molecule has 0 saturated heterocycles. The van der Waals surface area contributed by atoms with Gasteiger partial charge in [0, 0.05) is 28.7 Å². The minimum absolute atomic E-state index is 0.0220. The van der Waals surface area contributed by atoms with E-state index in [2.05, 4.69) is 20.7 Å². The van der Waals surface area contributed by atoms with Crippen molar-refractivity contribution >= 4 is 28.1 Å².